The van der Waals surface area contributed by atoms with Crippen molar-refractivity contribution in [2.45, 2.75) is 45.1 Å². The first-order chi connectivity index (χ1) is 12.0. The third-order valence-corrected chi connectivity index (χ3v) is 4.93. The molecule has 0 aromatic carbocycles. The van der Waals surface area contributed by atoms with Gasteiger partial charge in [-0.3, -0.25) is 0 Å². The van der Waals surface area contributed by atoms with Gasteiger partial charge in [-0.05, 0) is 44.9 Å². The number of hydrogen-bond donors (Lipinski definition) is 1. The Hall–Kier alpha value is -1.96. The summed E-state index contributed by atoms with van der Waals surface area (Å²) in [6.07, 6.45) is 3.87. The molecule has 3 heterocycles. The zero-order valence-electron chi connectivity index (χ0n) is 14.6. The maximum absolute atomic E-state index is 6.40. The molecule has 0 bridgehead atoms. The summed E-state index contributed by atoms with van der Waals surface area (Å²) in [5.41, 5.74) is 8.23. The molecule has 3 aromatic heterocycles. The van der Waals surface area contributed by atoms with Gasteiger partial charge < -0.3 is 10.3 Å². The summed E-state index contributed by atoms with van der Waals surface area (Å²) in [6.45, 7) is 3.91. The highest BCUT2D eigenvalue weighted by Crippen LogP contribution is 2.36. The van der Waals surface area contributed by atoms with Gasteiger partial charge in [0, 0.05) is 5.69 Å². The van der Waals surface area contributed by atoms with Crippen LogP contribution in [0, 0.1) is 13.8 Å². The lowest BCUT2D eigenvalue weighted by molar-refractivity contribution is 0.372. The zero-order chi connectivity index (χ0) is 17.6. The summed E-state index contributed by atoms with van der Waals surface area (Å²) in [5, 5.41) is 8.97. The highest BCUT2D eigenvalue weighted by molar-refractivity contribution is 6.32. The summed E-state index contributed by atoms with van der Waals surface area (Å²) in [7, 11) is 0. The van der Waals surface area contributed by atoms with E-state index in [0.717, 1.165) is 37.1 Å². The van der Waals surface area contributed by atoms with Crippen molar-refractivity contribution in [3.05, 3.63) is 40.4 Å². The average molecular weight is 395 g/mol. The maximum atomic E-state index is 6.40. The fraction of sp³-hybridized carbons (Fsp3) is 0.412. The van der Waals surface area contributed by atoms with E-state index in [1.165, 1.54) is 0 Å². The topological polar surface area (TPSA) is 95.7 Å². The van der Waals surface area contributed by atoms with Gasteiger partial charge in [0.25, 0.3) is 5.89 Å². The van der Waals surface area contributed by atoms with Crippen molar-refractivity contribution in [1.29, 1.82) is 0 Å². The largest absolute Gasteiger partial charge is 0.332 e. The number of hydrogen-bond acceptors (Lipinski definition) is 6. The molecule has 1 aliphatic rings. The monoisotopic (exact) mass is 394 g/mol. The number of pyridine rings is 1. The Kier molecular flexibility index (Phi) is 5.05. The second kappa shape index (κ2) is 6.98. The lowest BCUT2D eigenvalue weighted by atomic mass is 9.99. The van der Waals surface area contributed by atoms with E-state index in [4.69, 9.17) is 21.9 Å². The lowest BCUT2D eigenvalue weighted by Crippen LogP contribution is -2.34. The molecule has 3 aromatic rings. The quantitative estimate of drug-likeness (QED) is 0.726. The van der Waals surface area contributed by atoms with Crippen LogP contribution < -0.4 is 5.73 Å². The van der Waals surface area contributed by atoms with Crippen molar-refractivity contribution in [3.8, 4) is 17.4 Å². The number of nitrogens with two attached hydrogens (primary N) is 1. The van der Waals surface area contributed by atoms with Gasteiger partial charge in [0.05, 0.1) is 16.3 Å². The van der Waals surface area contributed by atoms with Crippen LogP contribution in [0.3, 0.4) is 0 Å². The first kappa shape index (κ1) is 18.8. The zero-order valence-corrected chi connectivity index (χ0v) is 16.1. The number of aryl methyl sites for hydroxylation is 2. The van der Waals surface area contributed by atoms with Crippen LogP contribution in [-0.4, -0.2) is 24.9 Å². The maximum Gasteiger partial charge on any atom is 0.278 e. The van der Waals surface area contributed by atoms with E-state index in [1.54, 1.807) is 10.7 Å². The molecule has 0 amide bonds. The molecule has 9 heteroatoms. The third-order valence-electron chi connectivity index (χ3n) is 4.63. The van der Waals surface area contributed by atoms with Gasteiger partial charge in [0.2, 0.25) is 0 Å². The molecule has 0 saturated heterocycles. The summed E-state index contributed by atoms with van der Waals surface area (Å²) in [6, 6.07) is 5.55. The van der Waals surface area contributed by atoms with Gasteiger partial charge in [-0.25, -0.2) is 9.67 Å². The van der Waals surface area contributed by atoms with Crippen molar-refractivity contribution in [2.75, 3.05) is 0 Å². The van der Waals surface area contributed by atoms with Crippen LogP contribution in [0.2, 0.25) is 5.02 Å². The van der Waals surface area contributed by atoms with Crippen molar-refractivity contribution in [2.24, 2.45) is 5.73 Å². The van der Waals surface area contributed by atoms with Crippen LogP contribution in [0.15, 0.2) is 22.7 Å². The smallest absolute Gasteiger partial charge is 0.278 e. The number of rotatable bonds is 3. The van der Waals surface area contributed by atoms with E-state index in [9.17, 15) is 0 Å². The third kappa shape index (κ3) is 3.22. The molecule has 0 radical (unpaired) electrons. The minimum Gasteiger partial charge on any atom is -0.332 e. The van der Waals surface area contributed by atoms with Crippen molar-refractivity contribution in [1.82, 2.24) is 24.9 Å². The van der Waals surface area contributed by atoms with Gasteiger partial charge in [0.1, 0.15) is 5.69 Å². The van der Waals surface area contributed by atoms with E-state index in [0.29, 0.717) is 22.4 Å². The molecule has 0 spiro atoms. The normalized spacial score (nSPS) is 15.8. The van der Waals surface area contributed by atoms with E-state index in [2.05, 4.69) is 20.2 Å². The molecule has 0 aliphatic heterocycles. The fourth-order valence-electron chi connectivity index (χ4n) is 3.31. The first-order valence-corrected chi connectivity index (χ1v) is 8.68. The minimum atomic E-state index is -0.512. The molecule has 2 N–H and O–H groups in total. The molecule has 7 nitrogen and oxygen atoms in total. The predicted octanol–water partition coefficient (Wildman–Crippen LogP) is 3.74. The summed E-state index contributed by atoms with van der Waals surface area (Å²) >= 11 is 6.32. The summed E-state index contributed by atoms with van der Waals surface area (Å²) in [4.78, 5) is 9.06. The van der Waals surface area contributed by atoms with Crippen molar-refractivity contribution >= 4 is 24.0 Å². The Labute approximate surface area is 162 Å². The molecule has 0 unspecified atom stereocenters. The Morgan fingerprint density at radius 1 is 1.19 bits per heavy atom. The van der Waals surface area contributed by atoms with Gasteiger partial charge in [-0.15, -0.1) is 12.4 Å². The minimum absolute atomic E-state index is 0. The molecule has 1 aliphatic carbocycles. The van der Waals surface area contributed by atoms with E-state index in [-0.39, 0.29) is 18.3 Å². The second-order valence-corrected chi connectivity index (χ2v) is 7.03. The Bertz CT molecular complexity index is 929. The van der Waals surface area contributed by atoms with Crippen LogP contribution in [0.4, 0.5) is 0 Å². The van der Waals surface area contributed by atoms with E-state index in [1.807, 2.05) is 26.0 Å². The van der Waals surface area contributed by atoms with E-state index < -0.39 is 5.54 Å². The van der Waals surface area contributed by atoms with E-state index >= 15 is 0 Å². The Balaban J connectivity index is 0.00000196. The van der Waals surface area contributed by atoms with Gasteiger partial charge >= 0.3 is 0 Å². The highest BCUT2D eigenvalue weighted by atomic mass is 35.5. The van der Waals surface area contributed by atoms with Crippen molar-refractivity contribution < 1.29 is 4.52 Å². The summed E-state index contributed by atoms with van der Waals surface area (Å²) < 4.78 is 7.18. The standard InChI is InChI=1S/C17H19ClN6O.ClH/c1-10-9-11(2)24(22-10)13-6-5-12(18)14(20-13)15-21-16(23-25-15)17(19)7-3-4-8-17;/h5-6,9H,3-4,7-8,19H2,1-2H3;1H. The first-order valence-electron chi connectivity index (χ1n) is 8.30. The van der Waals surface area contributed by atoms with Gasteiger partial charge in [-0.1, -0.05) is 29.6 Å². The molecule has 4 rings (SSSR count). The highest BCUT2D eigenvalue weighted by Gasteiger charge is 2.36. The SMILES string of the molecule is Cc1cc(C)n(-c2ccc(Cl)c(-c3nc(C4(N)CCCC4)no3)n2)n1.Cl. The molecule has 0 atom stereocenters. The average Bonchev–Trinajstić information content (AvgIpc) is 3.29. The molecule has 1 saturated carbocycles. The number of nitrogens with zero attached hydrogens (tertiary/aromatic N) is 5. The van der Waals surface area contributed by atoms with Crippen LogP contribution in [0.1, 0.15) is 42.9 Å². The molecular formula is C17H20Cl2N6O. The van der Waals surface area contributed by atoms with Crippen molar-refractivity contribution in [3.63, 3.8) is 0 Å². The lowest BCUT2D eigenvalue weighted by Gasteiger charge is -2.17. The molecular weight excluding hydrogens is 375 g/mol. The second-order valence-electron chi connectivity index (χ2n) is 6.63. The van der Waals surface area contributed by atoms with Crippen LogP contribution in [0.25, 0.3) is 17.4 Å². The number of halogens is 2. The van der Waals surface area contributed by atoms with Crippen LogP contribution in [0.5, 0.6) is 0 Å². The summed E-state index contributed by atoms with van der Waals surface area (Å²) in [5.74, 6) is 1.45. The number of aromatic nitrogens is 5. The molecule has 26 heavy (non-hydrogen) atoms. The van der Waals surface area contributed by atoms with Gasteiger partial charge in [0.15, 0.2) is 11.6 Å². The van der Waals surface area contributed by atoms with Crippen LogP contribution in [-0.2, 0) is 5.54 Å². The Morgan fingerprint density at radius 3 is 2.58 bits per heavy atom. The Morgan fingerprint density at radius 2 is 1.92 bits per heavy atom. The van der Waals surface area contributed by atoms with Gasteiger partial charge in [-0.2, -0.15) is 10.1 Å². The molecule has 138 valence electrons. The fourth-order valence-corrected chi connectivity index (χ4v) is 3.50. The van der Waals surface area contributed by atoms with Crippen LogP contribution >= 0.6 is 24.0 Å². The molecule has 1 fully saturated rings. The predicted molar refractivity (Wildman–Crippen MR) is 101 cm³/mol.